The highest BCUT2D eigenvalue weighted by Gasteiger charge is 2.37. The van der Waals surface area contributed by atoms with Crippen LogP contribution in [0.15, 0.2) is 0 Å². The van der Waals surface area contributed by atoms with Gasteiger partial charge in [0.15, 0.2) is 12.3 Å². The zero-order chi connectivity index (χ0) is 29.8. The second kappa shape index (κ2) is 17.2. The van der Waals surface area contributed by atoms with Gasteiger partial charge in [0.1, 0.15) is 12.6 Å². The second-order valence-corrected chi connectivity index (χ2v) is 15.7. The monoisotopic (exact) mass is 565 g/mol. The number of ether oxygens (including phenoxy) is 1. The van der Waals surface area contributed by atoms with Gasteiger partial charge in [0, 0.05) is 5.92 Å². The van der Waals surface area contributed by atoms with Crippen molar-refractivity contribution in [2.45, 2.75) is 130 Å². The van der Waals surface area contributed by atoms with Gasteiger partial charge in [-0.2, -0.15) is 0 Å². The van der Waals surface area contributed by atoms with Crippen LogP contribution in [0.1, 0.15) is 124 Å². The van der Waals surface area contributed by atoms with E-state index in [0.717, 1.165) is 41.3 Å². The first-order valence-electron chi connectivity index (χ1n) is 17.1. The Kier molecular flexibility index (Phi) is 15.2. The van der Waals surface area contributed by atoms with Gasteiger partial charge in [-0.15, -0.1) is 0 Å². The molecule has 0 aromatic rings. The lowest BCUT2D eigenvalue weighted by atomic mass is 9.68. The molecule has 0 aliphatic heterocycles. The Labute approximate surface area is 249 Å². The number of hydrogen-bond donors (Lipinski definition) is 0. The third kappa shape index (κ3) is 13.8. The summed E-state index contributed by atoms with van der Waals surface area (Å²) < 4.78 is 7.38. The zero-order valence-corrected chi connectivity index (χ0v) is 28.0. The number of nitrogens with zero attached hydrogens (tertiary/aromatic N) is 2. The van der Waals surface area contributed by atoms with Crippen LogP contribution in [0.3, 0.4) is 0 Å². The van der Waals surface area contributed by atoms with Crippen LogP contribution in [-0.4, -0.2) is 81.2 Å². The van der Waals surface area contributed by atoms with Crippen LogP contribution in [0.4, 0.5) is 0 Å². The van der Waals surface area contributed by atoms with E-state index in [1.165, 1.54) is 77.0 Å². The van der Waals surface area contributed by atoms with Gasteiger partial charge < -0.3 is 13.7 Å². The van der Waals surface area contributed by atoms with Gasteiger partial charge in [-0.25, -0.2) is 4.79 Å². The highest BCUT2D eigenvalue weighted by atomic mass is 16.5. The number of likely N-dealkylation sites (N-methyl/N-ethyl adjacent to an activating group) is 2. The number of quaternary nitrogens is 2. The molecular weight excluding hydrogens is 496 g/mol. The van der Waals surface area contributed by atoms with E-state index in [4.69, 9.17) is 4.74 Å². The number of hydrogen-bond acceptors (Lipinski definition) is 3. The zero-order valence-electron chi connectivity index (χ0n) is 28.0. The minimum atomic E-state index is -0.0152. The highest BCUT2D eigenvalue weighted by Crippen LogP contribution is 2.38. The highest BCUT2D eigenvalue weighted by molar-refractivity contribution is 5.82. The van der Waals surface area contributed by atoms with Crippen molar-refractivity contribution in [3.63, 3.8) is 0 Å². The normalized spacial score (nSPS) is 26.2. The van der Waals surface area contributed by atoms with Crippen molar-refractivity contribution in [1.29, 1.82) is 0 Å². The first kappa shape index (κ1) is 35.3. The molecule has 0 bridgehead atoms. The summed E-state index contributed by atoms with van der Waals surface area (Å²) in [6.07, 6.45) is 18.4. The number of Topliss-reactive ketones (excluding diaryl/α,β-unsaturated/α-hetero) is 1. The van der Waals surface area contributed by atoms with Gasteiger partial charge in [0.25, 0.3) is 0 Å². The maximum Gasteiger partial charge on any atom is 0.362 e. The van der Waals surface area contributed by atoms with Crippen molar-refractivity contribution in [1.82, 2.24) is 0 Å². The standard InChI is InChI=1S/C35H68N2O3/c1-28(2)32-21-20-30(4)25-33(32)34(38)26-36(5,6)22-15-13-11-9-10-12-14-16-23-37(7,8)27-35(39)40-31-19-17-18-29(3)24-31/h28-33H,9-27H2,1-8H3/q+2/t29-,30-,31+,32+,33+/m0/s1. The first-order valence-corrected chi connectivity index (χ1v) is 17.1. The molecule has 5 nitrogen and oxygen atoms in total. The molecule has 5 atom stereocenters. The summed E-state index contributed by atoms with van der Waals surface area (Å²) in [5.74, 6) is 3.37. The van der Waals surface area contributed by atoms with Gasteiger partial charge in [-0.3, -0.25) is 4.79 Å². The van der Waals surface area contributed by atoms with Crippen LogP contribution < -0.4 is 0 Å². The SMILES string of the molecule is CC(C)[C@H]1CC[C@H](C)C[C@H]1C(=O)C[N+](C)(C)CCCCCCCCCC[N+](C)(C)CC(=O)O[C@@H]1CCC[C@H](C)C1. The summed E-state index contributed by atoms with van der Waals surface area (Å²) in [6.45, 7) is 12.5. The smallest absolute Gasteiger partial charge is 0.362 e. The Morgan fingerprint density at radius 1 is 0.700 bits per heavy atom. The number of ketones is 1. The van der Waals surface area contributed by atoms with Crippen molar-refractivity contribution in [2.24, 2.45) is 29.6 Å². The maximum absolute atomic E-state index is 13.3. The molecule has 5 heteroatoms. The fourth-order valence-corrected chi connectivity index (χ4v) is 7.47. The average molecular weight is 565 g/mol. The molecule has 0 saturated heterocycles. The van der Waals surface area contributed by atoms with Gasteiger partial charge in [-0.1, -0.05) is 66.2 Å². The van der Waals surface area contributed by atoms with Crippen LogP contribution >= 0.6 is 0 Å². The summed E-state index contributed by atoms with van der Waals surface area (Å²) in [5, 5.41) is 0. The Balaban J connectivity index is 1.51. The van der Waals surface area contributed by atoms with E-state index in [2.05, 4.69) is 55.9 Å². The van der Waals surface area contributed by atoms with E-state index in [-0.39, 0.29) is 18.0 Å². The molecule has 0 amide bonds. The van der Waals surface area contributed by atoms with Crippen molar-refractivity contribution < 1.29 is 23.3 Å². The second-order valence-electron chi connectivity index (χ2n) is 15.7. The van der Waals surface area contributed by atoms with Crippen molar-refractivity contribution >= 4 is 11.8 Å². The predicted molar refractivity (Wildman–Crippen MR) is 168 cm³/mol. The molecule has 40 heavy (non-hydrogen) atoms. The molecule has 2 aliphatic rings. The van der Waals surface area contributed by atoms with E-state index < -0.39 is 0 Å². The van der Waals surface area contributed by atoms with Crippen LogP contribution in [0.5, 0.6) is 0 Å². The van der Waals surface area contributed by atoms with E-state index in [1.54, 1.807) is 0 Å². The molecule has 0 aromatic carbocycles. The molecule has 0 unspecified atom stereocenters. The predicted octanol–water partition coefficient (Wildman–Crippen LogP) is 7.66. The Morgan fingerprint density at radius 3 is 1.77 bits per heavy atom. The molecule has 0 heterocycles. The Morgan fingerprint density at radius 2 is 1.23 bits per heavy atom. The summed E-state index contributed by atoms with van der Waals surface area (Å²) in [7, 11) is 8.84. The van der Waals surface area contributed by atoms with Crippen molar-refractivity contribution in [3.8, 4) is 0 Å². The fourth-order valence-electron chi connectivity index (χ4n) is 7.47. The lowest BCUT2D eigenvalue weighted by molar-refractivity contribution is -0.883. The molecule has 2 fully saturated rings. The van der Waals surface area contributed by atoms with Gasteiger partial charge in [-0.05, 0) is 81.5 Å². The van der Waals surface area contributed by atoms with Crippen LogP contribution in [-0.2, 0) is 14.3 Å². The largest absolute Gasteiger partial charge is 0.458 e. The van der Waals surface area contributed by atoms with E-state index in [0.29, 0.717) is 42.5 Å². The van der Waals surface area contributed by atoms with Crippen LogP contribution in [0, 0.1) is 29.6 Å². The topological polar surface area (TPSA) is 43.4 Å². The van der Waals surface area contributed by atoms with E-state index >= 15 is 0 Å². The van der Waals surface area contributed by atoms with Crippen molar-refractivity contribution in [2.75, 3.05) is 54.4 Å². The number of esters is 1. The lowest BCUT2D eigenvalue weighted by Crippen LogP contribution is -2.48. The molecule has 0 aromatic heterocycles. The number of carbonyl (C=O) groups excluding carboxylic acids is 2. The molecule has 2 saturated carbocycles. The third-order valence-electron chi connectivity index (χ3n) is 10.0. The van der Waals surface area contributed by atoms with Crippen molar-refractivity contribution in [3.05, 3.63) is 0 Å². The van der Waals surface area contributed by atoms with Crippen LogP contribution in [0.2, 0.25) is 0 Å². The van der Waals surface area contributed by atoms with Crippen LogP contribution in [0.25, 0.3) is 0 Å². The minimum Gasteiger partial charge on any atom is -0.458 e. The third-order valence-corrected chi connectivity index (χ3v) is 10.0. The minimum absolute atomic E-state index is 0.0152. The molecule has 0 spiro atoms. The van der Waals surface area contributed by atoms with Gasteiger partial charge >= 0.3 is 5.97 Å². The quantitative estimate of drug-likeness (QED) is 0.0975. The molecule has 0 N–H and O–H groups in total. The number of carbonyl (C=O) groups is 2. The Bertz CT molecular complexity index is 747. The fraction of sp³-hybridized carbons (Fsp3) is 0.943. The van der Waals surface area contributed by atoms with E-state index in [9.17, 15) is 9.59 Å². The van der Waals surface area contributed by atoms with Gasteiger partial charge in [0.05, 0.1) is 41.3 Å². The Hall–Kier alpha value is -0.940. The molecule has 2 rings (SSSR count). The molecule has 234 valence electrons. The summed E-state index contributed by atoms with van der Waals surface area (Å²) in [4.78, 5) is 25.8. The lowest BCUT2D eigenvalue weighted by Gasteiger charge is -2.38. The molecule has 0 radical (unpaired) electrons. The van der Waals surface area contributed by atoms with Gasteiger partial charge in [0.2, 0.25) is 0 Å². The average Bonchev–Trinajstić information content (AvgIpc) is 2.84. The molecular formula is C35H68N2O3+2. The summed E-state index contributed by atoms with van der Waals surface area (Å²) in [6, 6.07) is 0. The summed E-state index contributed by atoms with van der Waals surface area (Å²) >= 11 is 0. The number of unbranched alkanes of at least 4 members (excludes halogenated alkanes) is 7. The first-order chi connectivity index (χ1) is 18.8. The van der Waals surface area contributed by atoms with E-state index in [1.807, 2.05) is 0 Å². The number of rotatable bonds is 18. The maximum atomic E-state index is 13.3. The molecule has 2 aliphatic carbocycles. The summed E-state index contributed by atoms with van der Waals surface area (Å²) in [5.41, 5.74) is 0.